The number of rotatable bonds is 7. The third kappa shape index (κ3) is 4.77. The van der Waals surface area contributed by atoms with Gasteiger partial charge in [0.1, 0.15) is 0 Å². The van der Waals surface area contributed by atoms with Crippen molar-refractivity contribution in [3.8, 4) is 0 Å². The van der Waals surface area contributed by atoms with Crippen molar-refractivity contribution >= 4 is 5.97 Å². The highest BCUT2D eigenvalue weighted by Gasteiger charge is 2.61. The van der Waals surface area contributed by atoms with Gasteiger partial charge < -0.3 is 15.3 Å². The molecule has 2 unspecified atom stereocenters. The van der Waals surface area contributed by atoms with Gasteiger partial charge in [0.25, 0.3) is 0 Å². The minimum Gasteiger partial charge on any atom is -0.481 e. The Hall–Kier alpha value is -0.610. The van der Waals surface area contributed by atoms with E-state index >= 15 is 0 Å². The van der Waals surface area contributed by atoms with Crippen LogP contribution in [0.1, 0.15) is 118 Å². The van der Waals surface area contributed by atoms with Gasteiger partial charge in [0, 0.05) is 0 Å². The van der Waals surface area contributed by atoms with Crippen LogP contribution in [0.4, 0.5) is 0 Å². The Morgan fingerprint density at radius 3 is 2.36 bits per heavy atom. The molecule has 3 N–H and O–H groups in total. The summed E-state index contributed by atoms with van der Waals surface area (Å²) in [6.45, 7) is 11.4. The Bertz CT molecular complexity index is 728. The molecule has 0 saturated heterocycles. The smallest absolute Gasteiger partial charge is 0.306 e. The Balaban J connectivity index is 1.44. The van der Waals surface area contributed by atoms with Crippen LogP contribution in [0.2, 0.25) is 0 Å². The summed E-state index contributed by atoms with van der Waals surface area (Å²) in [4.78, 5) is 11.3. The van der Waals surface area contributed by atoms with Gasteiger partial charge in [-0.1, -0.05) is 33.6 Å². The van der Waals surface area contributed by atoms with Crippen molar-refractivity contribution in [3.63, 3.8) is 0 Å². The van der Waals surface area contributed by atoms with Crippen molar-refractivity contribution in [2.45, 2.75) is 129 Å². The first-order valence-electron chi connectivity index (χ1n) is 13.9. The zero-order valence-electron chi connectivity index (χ0n) is 21.9. The second kappa shape index (κ2) is 8.80. The molecule has 4 fully saturated rings. The van der Waals surface area contributed by atoms with Gasteiger partial charge in [-0.15, -0.1) is 0 Å². The van der Waals surface area contributed by atoms with Crippen LogP contribution in [0.25, 0.3) is 0 Å². The molecular weight excluding hydrogens is 412 g/mol. The monoisotopic (exact) mass is 462 g/mol. The van der Waals surface area contributed by atoms with E-state index in [4.69, 9.17) is 0 Å². The molecule has 0 radical (unpaired) electrons. The van der Waals surface area contributed by atoms with Crippen molar-refractivity contribution in [3.05, 3.63) is 0 Å². The Labute approximate surface area is 201 Å². The number of carboxylic acid groups (broad SMARTS) is 1. The number of carbonyl (C=O) groups is 1. The van der Waals surface area contributed by atoms with E-state index in [1.807, 2.05) is 13.8 Å². The SMILES string of the molecule is C[C@H](CCCC(C)(C)O)[C@H]1CC[C@H]2[C@@H]3CCC4CC(O)(CC(=O)O)CC[C@]4(C)[C@H]3CC[C@]12C. The summed E-state index contributed by atoms with van der Waals surface area (Å²) in [5.74, 6) is 3.53. The summed E-state index contributed by atoms with van der Waals surface area (Å²) in [5, 5.41) is 30.4. The lowest BCUT2D eigenvalue weighted by atomic mass is 9.43. The highest BCUT2D eigenvalue weighted by atomic mass is 16.4. The molecule has 190 valence electrons. The van der Waals surface area contributed by atoms with E-state index in [0.29, 0.717) is 24.2 Å². The lowest BCUT2D eigenvalue weighted by Crippen LogP contribution is -2.56. The fourth-order valence-electron chi connectivity index (χ4n) is 9.80. The molecule has 9 atom stereocenters. The first kappa shape index (κ1) is 25.5. The minimum absolute atomic E-state index is 0.0958. The van der Waals surface area contributed by atoms with E-state index in [2.05, 4.69) is 20.8 Å². The van der Waals surface area contributed by atoms with E-state index in [9.17, 15) is 20.1 Å². The number of fused-ring (bicyclic) bond motifs is 5. The molecule has 0 bridgehead atoms. The topological polar surface area (TPSA) is 77.8 Å². The van der Waals surface area contributed by atoms with E-state index in [-0.39, 0.29) is 11.8 Å². The van der Waals surface area contributed by atoms with Crippen molar-refractivity contribution in [2.24, 2.45) is 46.3 Å². The van der Waals surface area contributed by atoms with E-state index in [1.165, 1.54) is 38.5 Å². The fraction of sp³-hybridized carbons (Fsp3) is 0.966. The summed E-state index contributed by atoms with van der Waals surface area (Å²) in [6, 6.07) is 0. The number of hydrogen-bond donors (Lipinski definition) is 3. The Morgan fingerprint density at radius 2 is 1.70 bits per heavy atom. The second-order valence-electron chi connectivity index (χ2n) is 14.1. The molecule has 0 aromatic heterocycles. The van der Waals surface area contributed by atoms with Gasteiger partial charge >= 0.3 is 5.97 Å². The third-order valence-corrected chi connectivity index (χ3v) is 11.5. The van der Waals surface area contributed by atoms with Crippen molar-refractivity contribution < 1.29 is 20.1 Å². The fourth-order valence-corrected chi connectivity index (χ4v) is 9.80. The maximum absolute atomic E-state index is 11.3. The lowest BCUT2D eigenvalue weighted by Gasteiger charge is -2.62. The minimum atomic E-state index is -0.997. The summed E-state index contributed by atoms with van der Waals surface area (Å²) in [7, 11) is 0. The van der Waals surface area contributed by atoms with Crippen LogP contribution in [0.5, 0.6) is 0 Å². The molecular formula is C29H50O4. The zero-order chi connectivity index (χ0) is 24.2. The molecule has 0 spiro atoms. The highest BCUT2D eigenvalue weighted by molar-refractivity contribution is 5.68. The van der Waals surface area contributed by atoms with Crippen molar-refractivity contribution in [1.29, 1.82) is 0 Å². The predicted molar refractivity (Wildman–Crippen MR) is 132 cm³/mol. The van der Waals surface area contributed by atoms with Gasteiger partial charge in [0.2, 0.25) is 0 Å². The summed E-state index contributed by atoms with van der Waals surface area (Å²) >= 11 is 0. The molecule has 0 amide bonds. The van der Waals surface area contributed by atoms with Gasteiger partial charge in [-0.3, -0.25) is 4.79 Å². The molecule has 0 aliphatic heterocycles. The van der Waals surface area contributed by atoms with E-state index in [1.54, 1.807) is 0 Å². The standard InChI is InChI=1S/C29H50O4/c1-19(7-6-13-26(2,3)32)22-10-11-23-21-9-8-20-17-29(33,18-25(30)31)16-15-27(20,4)24(21)12-14-28(22,23)5/h19-24,32-33H,6-18H2,1-5H3,(H,30,31)/t19-,20?,21+,22-,23+,24+,27+,28-,29?/m1/s1. The van der Waals surface area contributed by atoms with Gasteiger partial charge in [-0.2, -0.15) is 0 Å². The number of aliphatic hydroxyl groups is 2. The zero-order valence-corrected chi connectivity index (χ0v) is 21.9. The molecule has 4 saturated carbocycles. The molecule has 4 rings (SSSR count). The summed E-state index contributed by atoms with van der Waals surface area (Å²) < 4.78 is 0. The first-order valence-corrected chi connectivity index (χ1v) is 13.9. The normalized spacial score (nSPS) is 46.2. The maximum atomic E-state index is 11.3. The molecule has 33 heavy (non-hydrogen) atoms. The van der Waals surface area contributed by atoms with Crippen molar-refractivity contribution in [2.75, 3.05) is 0 Å². The number of aliphatic carboxylic acids is 1. The van der Waals surface area contributed by atoms with Crippen LogP contribution in [-0.4, -0.2) is 32.5 Å². The lowest BCUT2D eigenvalue weighted by molar-refractivity contribution is -0.164. The predicted octanol–water partition coefficient (Wildman–Crippen LogP) is 6.43. The molecule has 4 aliphatic rings. The van der Waals surface area contributed by atoms with Gasteiger partial charge in [-0.05, 0) is 124 Å². The molecule has 4 aliphatic carbocycles. The van der Waals surface area contributed by atoms with Crippen molar-refractivity contribution in [1.82, 2.24) is 0 Å². The summed E-state index contributed by atoms with van der Waals surface area (Å²) in [6.07, 6.45) is 13.3. The molecule has 4 heteroatoms. The maximum Gasteiger partial charge on any atom is 0.306 e. The number of carboxylic acids is 1. The first-order chi connectivity index (χ1) is 15.3. The molecule has 4 nitrogen and oxygen atoms in total. The highest BCUT2D eigenvalue weighted by Crippen LogP contribution is 2.69. The van der Waals surface area contributed by atoms with Crippen LogP contribution < -0.4 is 0 Å². The van der Waals surface area contributed by atoms with E-state index < -0.39 is 17.2 Å². The quantitative estimate of drug-likeness (QED) is 0.407. The summed E-state index contributed by atoms with van der Waals surface area (Å²) in [5.41, 5.74) is -0.823. The third-order valence-electron chi connectivity index (χ3n) is 11.5. The van der Waals surface area contributed by atoms with Gasteiger partial charge in [0.15, 0.2) is 0 Å². The average Bonchev–Trinajstić information content (AvgIpc) is 3.04. The Kier molecular flexibility index (Phi) is 6.80. The van der Waals surface area contributed by atoms with Crippen LogP contribution in [0.15, 0.2) is 0 Å². The van der Waals surface area contributed by atoms with E-state index in [0.717, 1.165) is 55.3 Å². The Morgan fingerprint density at radius 1 is 1.00 bits per heavy atom. The largest absolute Gasteiger partial charge is 0.481 e. The average molecular weight is 463 g/mol. The molecule has 0 aromatic carbocycles. The van der Waals surface area contributed by atoms with Crippen LogP contribution in [0, 0.1) is 46.3 Å². The number of hydrogen-bond acceptors (Lipinski definition) is 3. The molecule has 0 aromatic rings. The van der Waals surface area contributed by atoms with Crippen LogP contribution in [-0.2, 0) is 4.79 Å². The second-order valence-corrected chi connectivity index (χ2v) is 14.1. The van der Waals surface area contributed by atoms with Crippen LogP contribution >= 0.6 is 0 Å². The molecule has 0 heterocycles. The van der Waals surface area contributed by atoms with Gasteiger partial charge in [-0.25, -0.2) is 0 Å². The van der Waals surface area contributed by atoms with Gasteiger partial charge in [0.05, 0.1) is 17.6 Å². The van der Waals surface area contributed by atoms with Crippen LogP contribution in [0.3, 0.4) is 0 Å².